The zero-order chi connectivity index (χ0) is 8.36. The fraction of sp³-hybridized carbons (Fsp3) is 0.500. The first-order valence-electron chi connectivity index (χ1n) is 1.98. The van der Waals surface area contributed by atoms with E-state index in [2.05, 4.69) is 4.65 Å². The molecule has 0 unspecified atom stereocenters. The van der Waals surface area contributed by atoms with Gasteiger partial charge in [-0.1, -0.05) is 0 Å². The molecule has 0 aromatic rings. The van der Waals surface area contributed by atoms with E-state index in [0.29, 0.717) is 0 Å². The van der Waals surface area contributed by atoms with Crippen molar-refractivity contribution in [2.24, 2.45) is 0 Å². The molecule has 0 amide bonds. The van der Waals surface area contributed by atoms with Crippen LogP contribution in [0.2, 0.25) is 0 Å². The first-order chi connectivity index (χ1) is 4.34. The second kappa shape index (κ2) is 4.67. The van der Waals surface area contributed by atoms with E-state index in [1.165, 1.54) is 0 Å². The third-order valence-electron chi connectivity index (χ3n) is 0.444. The number of halogens is 3. The van der Waals surface area contributed by atoms with Crippen molar-refractivity contribution < 1.29 is 32.7 Å². The monoisotopic (exact) mass is 166 g/mol. The standard InChI is InChI=1S/C2H2BF3O4.Li.H/c4-2(5,6)1(7)10-3(8)9;;/h8-9H;;. The SMILES string of the molecule is O=C(OB(O)O)C(F)(F)F.[LiH]. The van der Waals surface area contributed by atoms with Gasteiger partial charge < -0.3 is 14.7 Å². The molecule has 0 aliphatic carbocycles. The van der Waals surface area contributed by atoms with Gasteiger partial charge >= 0.3 is 38.3 Å². The van der Waals surface area contributed by atoms with Crippen LogP contribution in [0.3, 0.4) is 0 Å². The Bertz CT molecular complexity index is 136. The van der Waals surface area contributed by atoms with Gasteiger partial charge in [-0.2, -0.15) is 13.2 Å². The number of hydrogen-bond acceptors (Lipinski definition) is 4. The van der Waals surface area contributed by atoms with Crippen molar-refractivity contribution in [3.63, 3.8) is 0 Å². The summed E-state index contributed by atoms with van der Waals surface area (Å²) in [4.78, 5) is 9.61. The van der Waals surface area contributed by atoms with Crippen molar-refractivity contribution in [1.82, 2.24) is 0 Å². The van der Waals surface area contributed by atoms with Crippen molar-refractivity contribution >= 4 is 32.2 Å². The molecule has 0 aromatic heterocycles. The van der Waals surface area contributed by atoms with Crippen molar-refractivity contribution in [3.8, 4) is 0 Å². The number of carbonyl (C=O) groups is 1. The maximum absolute atomic E-state index is 11.1. The molecule has 0 aliphatic heterocycles. The van der Waals surface area contributed by atoms with Crippen LogP contribution in [0.4, 0.5) is 13.2 Å². The van der Waals surface area contributed by atoms with Gasteiger partial charge in [0.05, 0.1) is 0 Å². The van der Waals surface area contributed by atoms with Crippen molar-refractivity contribution in [2.75, 3.05) is 0 Å². The Balaban J connectivity index is 0. The fourth-order valence-corrected chi connectivity index (χ4v) is 0.163. The molecule has 0 saturated carbocycles. The normalized spacial score (nSPS) is 9.91. The topological polar surface area (TPSA) is 66.8 Å². The zero-order valence-electron chi connectivity index (χ0n) is 4.42. The molecule has 0 radical (unpaired) electrons. The minimum absolute atomic E-state index is 0. The summed E-state index contributed by atoms with van der Waals surface area (Å²) in [6.07, 6.45) is -5.19. The predicted octanol–water partition coefficient (Wildman–Crippen LogP) is -1.59. The van der Waals surface area contributed by atoms with Crippen LogP contribution in [-0.2, 0) is 9.45 Å². The molecule has 0 bridgehead atoms. The van der Waals surface area contributed by atoms with E-state index in [0.717, 1.165) is 0 Å². The van der Waals surface area contributed by atoms with Crippen LogP contribution in [0, 0.1) is 0 Å². The molecule has 9 heteroatoms. The molecular weight excluding hydrogens is 163 g/mol. The molecule has 0 atom stereocenters. The molecule has 0 spiro atoms. The van der Waals surface area contributed by atoms with Gasteiger partial charge in [-0.25, -0.2) is 4.79 Å². The first-order valence-corrected chi connectivity index (χ1v) is 1.98. The Morgan fingerprint density at radius 2 is 1.73 bits per heavy atom. The summed E-state index contributed by atoms with van der Waals surface area (Å²) >= 11 is 0. The Labute approximate surface area is 71.7 Å². The maximum atomic E-state index is 11.1. The van der Waals surface area contributed by atoms with E-state index in [1.807, 2.05) is 0 Å². The van der Waals surface area contributed by atoms with Gasteiger partial charge in [-0.05, 0) is 0 Å². The van der Waals surface area contributed by atoms with Crippen LogP contribution in [0.5, 0.6) is 0 Å². The summed E-state index contributed by atoms with van der Waals surface area (Å²) in [5.41, 5.74) is 0. The van der Waals surface area contributed by atoms with Crippen molar-refractivity contribution in [1.29, 1.82) is 0 Å². The average Bonchev–Trinajstić information content (AvgIpc) is 1.60. The number of carbonyl (C=O) groups excluding carboxylic acids is 1. The van der Waals surface area contributed by atoms with E-state index in [4.69, 9.17) is 10.0 Å². The molecule has 4 nitrogen and oxygen atoms in total. The number of alkyl halides is 3. The first kappa shape index (κ1) is 13.4. The predicted molar refractivity (Wildman–Crippen MR) is 29.5 cm³/mol. The van der Waals surface area contributed by atoms with Crippen molar-refractivity contribution in [3.05, 3.63) is 0 Å². The molecule has 2 N–H and O–H groups in total. The third kappa shape index (κ3) is 6.25. The second-order valence-corrected chi connectivity index (χ2v) is 1.23. The molecule has 0 aromatic carbocycles. The summed E-state index contributed by atoms with van der Waals surface area (Å²) in [5.74, 6) is -2.64. The second-order valence-electron chi connectivity index (χ2n) is 1.23. The molecule has 0 aliphatic rings. The van der Waals surface area contributed by atoms with Gasteiger partial charge in [0.15, 0.2) is 0 Å². The van der Waals surface area contributed by atoms with E-state index in [1.54, 1.807) is 0 Å². The van der Waals surface area contributed by atoms with E-state index in [-0.39, 0.29) is 18.9 Å². The van der Waals surface area contributed by atoms with Crippen LogP contribution in [-0.4, -0.2) is 48.4 Å². The summed E-state index contributed by atoms with van der Waals surface area (Å²) in [7, 11) is -2.73. The average molecular weight is 166 g/mol. The minimum atomic E-state index is -5.19. The number of hydrogen-bond donors (Lipinski definition) is 2. The summed E-state index contributed by atoms with van der Waals surface area (Å²) < 4.78 is 36.3. The van der Waals surface area contributed by atoms with E-state index >= 15 is 0 Å². The Hall–Kier alpha value is -0.158. The van der Waals surface area contributed by atoms with Crippen LogP contribution >= 0.6 is 0 Å². The van der Waals surface area contributed by atoms with Crippen molar-refractivity contribution in [2.45, 2.75) is 6.18 Å². The molecule has 60 valence electrons. The molecular formula is C2H3BF3LiO4. The van der Waals surface area contributed by atoms with Gasteiger partial charge in [0.1, 0.15) is 0 Å². The van der Waals surface area contributed by atoms with E-state index < -0.39 is 19.5 Å². The summed E-state index contributed by atoms with van der Waals surface area (Å²) in [6.45, 7) is 0. The molecule has 0 rings (SSSR count). The van der Waals surface area contributed by atoms with Crippen LogP contribution in [0.1, 0.15) is 0 Å². The van der Waals surface area contributed by atoms with Gasteiger partial charge in [0.2, 0.25) is 0 Å². The van der Waals surface area contributed by atoms with Crippen LogP contribution < -0.4 is 0 Å². The van der Waals surface area contributed by atoms with Gasteiger partial charge in [0.25, 0.3) is 0 Å². The Morgan fingerprint density at radius 1 is 1.36 bits per heavy atom. The summed E-state index contributed by atoms with van der Waals surface area (Å²) in [6, 6.07) is 0. The molecule has 0 heterocycles. The molecule has 0 fully saturated rings. The van der Waals surface area contributed by atoms with E-state index in [9.17, 15) is 18.0 Å². The zero-order valence-corrected chi connectivity index (χ0v) is 4.42. The quantitative estimate of drug-likeness (QED) is 0.460. The van der Waals surface area contributed by atoms with Crippen LogP contribution in [0.15, 0.2) is 0 Å². The Morgan fingerprint density at radius 3 is 1.82 bits per heavy atom. The van der Waals surface area contributed by atoms with Gasteiger partial charge in [-0.3, -0.25) is 0 Å². The molecule has 0 saturated heterocycles. The van der Waals surface area contributed by atoms with Gasteiger partial charge in [-0.15, -0.1) is 0 Å². The third-order valence-corrected chi connectivity index (χ3v) is 0.444. The Kier molecular flexibility index (Phi) is 5.70. The van der Waals surface area contributed by atoms with Gasteiger partial charge in [0, 0.05) is 0 Å². The fourth-order valence-electron chi connectivity index (χ4n) is 0.163. The summed E-state index contributed by atoms with van der Waals surface area (Å²) in [5, 5.41) is 15.4. The number of rotatable bonds is 1. The molecule has 11 heavy (non-hydrogen) atoms. The van der Waals surface area contributed by atoms with Crippen LogP contribution in [0.25, 0.3) is 0 Å².